The summed E-state index contributed by atoms with van der Waals surface area (Å²) in [5, 5.41) is 3.25. The number of aryl methyl sites for hydroxylation is 3. The molecule has 37 heavy (non-hydrogen) atoms. The number of hydrogen-bond donors (Lipinski definition) is 1. The fourth-order valence-electron chi connectivity index (χ4n) is 4.98. The molecule has 4 rings (SSSR count). The minimum Gasteiger partial charge on any atom is -0.483 e. The van der Waals surface area contributed by atoms with Crippen LogP contribution in [-0.2, 0) is 22.6 Å². The first-order valence-corrected chi connectivity index (χ1v) is 13.3. The van der Waals surface area contributed by atoms with Gasteiger partial charge < -0.3 is 15.0 Å². The Labute approximate surface area is 220 Å². The second kappa shape index (κ2) is 12.6. The van der Waals surface area contributed by atoms with E-state index in [1.165, 1.54) is 0 Å². The highest BCUT2D eigenvalue weighted by molar-refractivity contribution is 5.88. The second-order valence-corrected chi connectivity index (χ2v) is 10.2. The summed E-state index contributed by atoms with van der Waals surface area (Å²) in [6.45, 7) is 6.23. The minimum absolute atomic E-state index is 0.0931. The standard InChI is InChI=1S/C32H38N2O3/c1-23-17-18-25(3)30(19-23)37-22-31(35)34(21-27-14-8-7-11-24(27)2)29(20-26-12-5-4-6-13-26)32(36)33-28-15-9-10-16-28/h4-8,11-14,17-19,28-29H,9-10,15-16,20-22H2,1-3H3,(H,33,36)/t29-/m1/s1. The van der Waals surface area contributed by atoms with Gasteiger partial charge in [0.25, 0.3) is 5.91 Å². The zero-order valence-electron chi connectivity index (χ0n) is 22.2. The van der Waals surface area contributed by atoms with Gasteiger partial charge in [0.2, 0.25) is 5.91 Å². The van der Waals surface area contributed by atoms with E-state index in [9.17, 15) is 9.59 Å². The molecule has 194 valence electrons. The molecule has 0 unspecified atom stereocenters. The maximum Gasteiger partial charge on any atom is 0.261 e. The van der Waals surface area contributed by atoms with Crippen molar-refractivity contribution in [2.45, 2.75) is 71.5 Å². The molecule has 0 bridgehead atoms. The van der Waals surface area contributed by atoms with E-state index in [1.54, 1.807) is 4.90 Å². The van der Waals surface area contributed by atoms with Crippen LogP contribution in [0.1, 0.15) is 53.5 Å². The van der Waals surface area contributed by atoms with E-state index < -0.39 is 6.04 Å². The van der Waals surface area contributed by atoms with Crippen LogP contribution in [0.5, 0.6) is 5.75 Å². The Balaban J connectivity index is 1.63. The molecule has 0 radical (unpaired) electrons. The highest BCUT2D eigenvalue weighted by Crippen LogP contribution is 2.22. The molecule has 0 spiro atoms. The molecule has 0 saturated heterocycles. The Morgan fingerprint density at radius 2 is 1.62 bits per heavy atom. The van der Waals surface area contributed by atoms with E-state index in [0.717, 1.165) is 53.5 Å². The molecule has 3 aromatic carbocycles. The fourth-order valence-corrected chi connectivity index (χ4v) is 4.98. The zero-order valence-corrected chi connectivity index (χ0v) is 22.2. The van der Waals surface area contributed by atoms with Gasteiger partial charge in [0.1, 0.15) is 11.8 Å². The molecule has 5 heteroatoms. The lowest BCUT2D eigenvalue weighted by Gasteiger charge is -2.32. The van der Waals surface area contributed by atoms with E-state index in [0.29, 0.717) is 18.7 Å². The Morgan fingerprint density at radius 3 is 2.35 bits per heavy atom. The molecule has 0 heterocycles. The van der Waals surface area contributed by atoms with Gasteiger partial charge >= 0.3 is 0 Å². The van der Waals surface area contributed by atoms with Gasteiger partial charge in [0, 0.05) is 19.0 Å². The largest absolute Gasteiger partial charge is 0.483 e. The smallest absolute Gasteiger partial charge is 0.261 e. The Bertz CT molecular complexity index is 1200. The number of nitrogens with one attached hydrogen (secondary N) is 1. The molecule has 1 saturated carbocycles. The quantitative estimate of drug-likeness (QED) is 0.391. The van der Waals surface area contributed by atoms with Gasteiger partial charge in [-0.15, -0.1) is 0 Å². The summed E-state index contributed by atoms with van der Waals surface area (Å²) < 4.78 is 6.02. The van der Waals surface area contributed by atoms with Crippen LogP contribution in [0.25, 0.3) is 0 Å². The van der Waals surface area contributed by atoms with Crippen molar-refractivity contribution in [3.05, 3.63) is 101 Å². The van der Waals surface area contributed by atoms with Gasteiger partial charge in [-0.25, -0.2) is 0 Å². The normalized spacial score (nSPS) is 14.2. The average molecular weight is 499 g/mol. The van der Waals surface area contributed by atoms with E-state index in [2.05, 4.69) is 5.32 Å². The number of ether oxygens (including phenoxy) is 1. The highest BCUT2D eigenvalue weighted by atomic mass is 16.5. The summed E-state index contributed by atoms with van der Waals surface area (Å²) in [6.07, 6.45) is 4.69. The second-order valence-electron chi connectivity index (χ2n) is 10.2. The third kappa shape index (κ3) is 7.22. The van der Waals surface area contributed by atoms with Crippen LogP contribution < -0.4 is 10.1 Å². The molecule has 1 N–H and O–H groups in total. The van der Waals surface area contributed by atoms with Gasteiger partial charge in [0.05, 0.1) is 0 Å². The average Bonchev–Trinajstić information content (AvgIpc) is 3.41. The fraction of sp³-hybridized carbons (Fsp3) is 0.375. The summed E-state index contributed by atoms with van der Waals surface area (Å²) in [5.74, 6) is 0.398. The van der Waals surface area contributed by atoms with Crippen LogP contribution in [0, 0.1) is 20.8 Å². The summed E-state index contributed by atoms with van der Waals surface area (Å²) in [4.78, 5) is 29.3. The van der Waals surface area contributed by atoms with Gasteiger partial charge in [-0.2, -0.15) is 0 Å². The Morgan fingerprint density at radius 1 is 0.919 bits per heavy atom. The van der Waals surface area contributed by atoms with Crippen molar-refractivity contribution in [2.75, 3.05) is 6.61 Å². The summed E-state index contributed by atoms with van der Waals surface area (Å²) in [7, 11) is 0. The van der Waals surface area contributed by atoms with Crippen LogP contribution in [0.15, 0.2) is 72.8 Å². The van der Waals surface area contributed by atoms with Gasteiger partial charge in [-0.3, -0.25) is 9.59 Å². The third-order valence-corrected chi connectivity index (χ3v) is 7.27. The van der Waals surface area contributed by atoms with Crippen molar-refractivity contribution in [1.29, 1.82) is 0 Å². The molecule has 3 aromatic rings. The van der Waals surface area contributed by atoms with Crippen molar-refractivity contribution in [2.24, 2.45) is 0 Å². The maximum absolute atomic E-state index is 13.8. The number of carbonyl (C=O) groups excluding carboxylic acids is 2. The third-order valence-electron chi connectivity index (χ3n) is 7.27. The number of benzene rings is 3. The molecule has 1 fully saturated rings. The zero-order chi connectivity index (χ0) is 26.2. The minimum atomic E-state index is -0.641. The number of hydrogen-bond acceptors (Lipinski definition) is 3. The Kier molecular flexibility index (Phi) is 8.99. The highest BCUT2D eigenvalue weighted by Gasteiger charge is 2.32. The maximum atomic E-state index is 13.8. The predicted octanol–water partition coefficient (Wildman–Crippen LogP) is 5.69. The molecular formula is C32H38N2O3. The molecular weight excluding hydrogens is 460 g/mol. The molecule has 5 nitrogen and oxygen atoms in total. The first kappa shape index (κ1) is 26.5. The number of carbonyl (C=O) groups is 2. The summed E-state index contributed by atoms with van der Waals surface area (Å²) >= 11 is 0. The first-order valence-electron chi connectivity index (χ1n) is 13.3. The van der Waals surface area contributed by atoms with Crippen molar-refractivity contribution >= 4 is 11.8 Å². The lowest BCUT2D eigenvalue weighted by atomic mass is 10.0. The van der Waals surface area contributed by atoms with Gasteiger partial charge in [-0.1, -0.05) is 79.6 Å². The molecule has 1 atom stereocenters. The first-order chi connectivity index (χ1) is 17.9. The predicted molar refractivity (Wildman–Crippen MR) is 147 cm³/mol. The lowest BCUT2D eigenvalue weighted by Crippen LogP contribution is -2.53. The van der Waals surface area contributed by atoms with Crippen LogP contribution in [0.3, 0.4) is 0 Å². The summed E-state index contributed by atoms with van der Waals surface area (Å²) in [5.41, 5.74) is 5.18. The van der Waals surface area contributed by atoms with E-state index in [1.807, 2.05) is 93.6 Å². The summed E-state index contributed by atoms with van der Waals surface area (Å²) in [6, 6.07) is 23.5. The number of rotatable bonds is 10. The number of amides is 2. The van der Waals surface area contributed by atoms with Gasteiger partial charge in [0.15, 0.2) is 6.61 Å². The van der Waals surface area contributed by atoms with Crippen molar-refractivity contribution in [1.82, 2.24) is 10.2 Å². The van der Waals surface area contributed by atoms with Crippen molar-refractivity contribution in [3.8, 4) is 5.75 Å². The SMILES string of the molecule is Cc1ccc(C)c(OCC(=O)N(Cc2ccccc2C)[C@H](Cc2ccccc2)C(=O)NC2CCCC2)c1. The number of nitrogens with zero attached hydrogens (tertiary/aromatic N) is 1. The van der Waals surface area contributed by atoms with E-state index >= 15 is 0 Å². The van der Waals surface area contributed by atoms with Crippen LogP contribution in [0.4, 0.5) is 0 Å². The Hall–Kier alpha value is -3.60. The van der Waals surface area contributed by atoms with Crippen LogP contribution in [0.2, 0.25) is 0 Å². The lowest BCUT2D eigenvalue weighted by molar-refractivity contribution is -0.143. The van der Waals surface area contributed by atoms with Crippen molar-refractivity contribution in [3.63, 3.8) is 0 Å². The molecule has 1 aliphatic carbocycles. The van der Waals surface area contributed by atoms with E-state index in [4.69, 9.17) is 4.74 Å². The monoisotopic (exact) mass is 498 g/mol. The topological polar surface area (TPSA) is 58.6 Å². The van der Waals surface area contributed by atoms with Crippen LogP contribution >= 0.6 is 0 Å². The molecule has 1 aliphatic rings. The van der Waals surface area contributed by atoms with Crippen molar-refractivity contribution < 1.29 is 14.3 Å². The molecule has 0 aromatic heterocycles. The molecule has 0 aliphatic heterocycles. The van der Waals surface area contributed by atoms with Crippen LogP contribution in [-0.4, -0.2) is 35.4 Å². The van der Waals surface area contributed by atoms with Gasteiger partial charge in [-0.05, 0) is 67.5 Å². The molecule has 2 amide bonds. The van der Waals surface area contributed by atoms with E-state index in [-0.39, 0.29) is 24.5 Å².